The Balaban J connectivity index is 2.19. The van der Waals surface area contributed by atoms with Crippen molar-refractivity contribution in [3.05, 3.63) is 35.4 Å². The zero-order chi connectivity index (χ0) is 10.9. The van der Waals surface area contributed by atoms with Crippen molar-refractivity contribution in [1.29, 1.82) is 0 Å². The molecule has 0 unspecified atom stereocenters. The van der Waals surface area contributed by atoms with E-state index in [0.717, 1.165) is 5.56 Å². The van der Waals surface area contributed by atoms with Crippen molar-refractivity contribution in [3.8, 4) is 0 Å². The van der Waals surface area contributed by atoms with Gasteiger partial charge in [0.25, 0.3) is 0 Å². The van der Waals surface area contributed by atoms with Gasteiger partial charge in [0.1, 0.15) is 5.67 Å². The molecule has 1 aliphatic rings. The predicted molar refractivity (Wildman–Crippen MR) is 54.4 cm³/mol. The van der Waals surface area contributed by atoms with Crippen LogP contribution in [-0.2, 0) is 16.9 Å². The number of hydrogen-bond donors (Lipinski definition) is 1. The van der Waals surface area contributed by atoms with Crippen LogP contribution in [-0.4, -0.2) is 11.1 Å². The van der Waals surface area contributed by atoms with E-state index in [-0.39, 0.29) is 6.42 Å². The number of benzene rings is 1. The van der Waals surface area contributed by atoms with E-state index in [0.29, 0.717) is 24.8 Å². The van der Waals surface area contributed by atoms with Gasteiger partial charge in [0.05, 0.1) is 0 Å². The van der Waals surface area contributed by atoms with E-state index >= 15 is 0 Å². The fourth-order valence-corrected chi connectivity index (χ4v) is 1.80. The molecule has 0 heterocycles. The molecule has 1 aromatic carbocycles. The fraction of sp³-hybridized carbons (Fsp3) is 0.417. The first-order chi connectivity index (χ1) is 7.12. The molecule has 1 aromatic rings. The molecule has 0 atom stereocenters. The zero-order valence-electron chi connectivity index (χ0n) is 8.37. The lowest BCUT2D eigenvalue weighted by atomic mass is 9.98. The molecule has 2 nitrogen and oxygen atoms in total. The second-order valence-corrected chi connectivity index (χ2v) is 4.02. The Bertz CT molecular complexity index is 383. The number of alkyl halides is 1. The van der Waals surface area contributed by atoms with E-state index in [1.54, 1.807) is 12.1 Å². The highest BCUT2D eigenvalue weighted by Crippen LogP contribution is 2.50. The van der Waals surface area contributed by atoms with Crippen LogP contribution < -0.4 is 0 Å². The fourth-order valence-electron chi connectivity index (χ4n) is 1.80. The highest BCUT2D eigenvalue weighted by Gasteiger charge is 2.45. The maximum atomic E-state index is 13.9. The summed E-state index contributed by atoms with van der Waals surface area (Å²) in [6.07, 6.45) is 1.61. The third kappa shape index (κ3) is 2.17. The molecular formula is C12H13FO2. The Labute approximate surface area is 87.7 Å². The van der Waals surface area contributed by atoms with Gasteiger partial charge in [0.15, 0.2) is 0 Å². The number of aliphatic carboxylic acids is 1. The van der Waals surface area contributed by atoms with Gasteiger partial charge >= 0.3 is 5.97 Å². The van der Waals surface area contributed by atoms with Crippen LogP contribution in [0.5, 0.6) is 0 Å². The monoisotopic (exact) mass is 208 g/mol. The third-order valence-electron chi connectivity index (χ3n) is 2.80. The molecular weight excluding hydrogens is 195 g/mol. The first kappa shape index (κ1) is 10.1. The lowest BCUT2D eigenvalue weighted by Gasteiger charge is -2.11. The van der Waals surface area contributed by atoms with Crippen molar-refractivity contribution >= 4 is 5.97 Å². The molecule has 0 amide bonds. The molecule has 0 aliphatic heterocycles. The lowest BCUT2D eigenvalue weighted by molar-refractivity contribution is -0.136. The van der Waals surface area contributed by atoms with Gasteiger partial charge in [0.2, 0.25) is 0 Å². The van der Waals surface area contributed by atoms with Crippen molar-refractivity contribution in [2.45, 2.75) is 31.4 Å². The Morgan fingerprint density at radius 1 is 1.40 bits per heavy atom. The minimum absolute atomic E-state index is 0.0626. The summed E-state index contributed by atoms with van der Waals surface area (Å²) in [6, 6.07) is 7.22. The van der Waals surface area contributed by atoms with Crippen LogP contribution >= 0.6 is 0 Å². The molecule has 2 rings (SSSR count). The van der Waals surface area contributed by atoms with Gasteiger partial charge < -0.3 is 5.11 Å². The minimum atomic E-state index is -1.17. The van der Waals surface area contributed by atoms with Crippen LogP contribution in [0, 0.1) is 0 Å². The summed E-state index contributed by atoms with van der Waals surface area (Å²) in [4.78, 5) is 10.5. The van der Waals surface area contributed by atoms with E-state index in [9.17, 15) is 9.18 Å². The van der Waals surface area contributed by atoms with E-state index in [1.807, 2.05) is 12.1 Å². The molecule has 1 aliphatic carbocycles. The van der Waals surface area contributed by atoms with Gasteiger partial charge in [0, 0.05) is 6.42 Å². The Hall–Kier alpha value is -1.38. The SMILES string of the molecule is O=C(O)CCc1ccccc1C1(F)CC1. The lowest BCUT2D eigenvalue weighted by Crippen LogP contribution is -2.05. The molecule has 0 bridgehead atoms. The van der Waals surface area contributed by atoms with Crippen molar-refractivity contribution in [2.24, 2.45) is 0 Å². The van der Waals surface area contributed by atoms with E-state index in [2.05, 4.69) is 0 Å². The molecule has 1 N–H and O–H groups in total. The summed E-state index contributed by atoms with van der Waals surface area (Å²) in [6.45, 7) is 0. The summed E-state index contributed by atoms with van der Waals surface area (Å²) in [5.74, 6) is -0.839. The van der Waals surface area contributed by atoms with Crippen LogP contribution in [0.25, 0.3) is 0 Å². The van der Waals surface area contributed by atoms with Gasteiger partial charge in [-0.05, 0) is 30.4 Å². The van der Waals surface area contributed by atoms with E-state index in [1.165, 1.54) is 0 Å². The van der Waals surface area contributed by atoms with Crippen LogP contribution in [0.3, 0.4) is 0 Å². The van der Waals surface area contributed by atoms with Crippen LogP contribution in [0.4, 0.5) is 4.39 Å². The minimum Gasteiger partial charge on any atom is -0.481 e. The van der Waals surface area contributed by atoms with E-state index in [4.69, 9.17) is 5.11 Å². The number of hydrogen-bond acceptors (Lipinski definition) is 1. The topological polar surface area (TPSA) is 37.3 Å². The van der Waals surface area contributed by atoms with Gasteiger partial charge in [-0.15, -0.1) is 0 Å². The second-order valence-electron chi connectivity index (χ2n) is 4.02. The number of aryl methyl sites for hydroxylation is 1. The van der Waals surface area contributed by atoms with Crippen molar-refractivity contribution in [2.75, 3.05) is 0 Å². The molecule has 0 aromatic heterocycles. The van der Waals surface area contributed by atoms with Gasteiger partial charge in [-0.3, -0.25) is 4.79 Å². The number of rotatable bonds is 4. The Kier molecular flexibility index (Phi) is 2.47. The summed E-state index contributed by atoms with van der Waals surface area (Å²) in [5.41, 5.74) is 0.348. The van der Waals surface area contributed by atoms with Gasteiger partial charge in [-0.2, -0.15) is 0 Å². The molecule has 1 fully saturated rings. The standard InChI is InChI=1S/C12H13FO2/c13-12(7-8-12)10-4-2-1-3-9(10)5-6-11(14)15/h1-4H,5-8H2,(H,14,15). The smallest absolute Gasteiger partial charge is 0.303 e. The van der Waals surface area contributed by atoms with Gasteiger partial charge in [-0.1, -0.05) is 24.3 Å². The first-order valence-electron chi connectivity index (χ1n) is 5.11. The molecule has 3 heteroatoms. The zero-order valence-corrected chi connectivity index (χ0v) is 8.37. The van der Waals surface area contributed by atoms with Gasteiger partial charge in [-0.25, -0.2) is 4.39 Å². The van der Waals surface area contributed by atoms with Crippen molar-refractivity contribution in [3.63, 3.8) is 0 Å². The quantitative estimate of drug-likeness (QED) is 0.825. The summed E-state index contributed by atoms with van der Waals surface area (Å²) < 4.78 is 13.9. The highest BCUT2D eigenvalue weighted by molar-refractivity contribution is 5.67. The van der Waals surface area contributed by atoms with Crippen LogP contribution in [0.15, 0.2) is 24.3 Å². The molecule has 0 spiro atoms. The third-order valence-corrected chi connectivity index (χ3v) is 2.80. The normalized spacial score (nSPS) is 17.4. The number of halogens is 1. The summed E-state index contributed by atoms with van der Waals surface area (Å²) >= 11 is 0. The Morgan fingerprint density at radius 3 is 2.67 bits per heavy atom. The molecule has 0 radical (unpaired) electrons. The second kappa shape index (κ2) is 3.65. The van der Waals surface area contributed by atoms with Crippen molar-refractivity contribution in [1.82, 2.24) is 0 Å². The average molecular weight is 208 g/mol. The average Bonchev–Trinajstić information content (AvgIpc) is 2.95. The summed E-state index contributed by atoms with van der Waals surface area (Å²) in [7, 11) is 0. The van der Waals surface area contributed by atoms with Crippen LogP contribution in [0.1, 0.15) is 30.4 Å². The number of carboxylic acids is 1. The molecule has 0 saturated heterocycles. The molecule has 1 saturated carbocycles. The molecule has 15 heavy (non-hydrogen) atoms. The van der Waals surface area contributed by atoms with Crippen LogP contribution in [0.2, 0.25) is 0 Å². The van der Waals surface area contributed by atoms with Crippen molar-refractivity contribution < 1.29 is 14.3 Å². The number of carboxylic acid groups (broad SMARTS) is 1. The first-order valence-corrected chi connectivity index (χ1v) is 5.11. The maximum Gasteiger partial charge on any atom is 0.303 e. The largest absolute Gasteiger partial charge is 0.481 e. The van der Waals surface area contributed by atoms with E-state index < -0.39 is 11.6 Å². The highest BCUT2D eigenvalue weighted by atomic mass is 19.1. The number of carbonyl (C=O) groups is 1. The Morgan fingerprint density at radius 2 is 2.07 bits per heavy atom. The maximum absolute atomic E-state index is 13.9. The summed E-state index contributed by atoms with van der Waals surface area (Å²) in [5, 5.41) is 8.59. The predicted octanol–water partition coefficient (Wildman–Crippen LogP) is 2.66. The molecule has 80 valence electrons.